The first-order valence-corrected chi connectivity index (χ1v) is 7.37. The zero-order valence-corrected chi connectivity index (χ0v) is 12.3. The molecule has 1 saturated heterocycles. The molecule has 2 N–H and O–H groups in total. The van der Waals surface area contributed by atoms with E-state index < -0.39 is 0 Å². The molecule has 0 aliphatic carbocycles. The number of carbonyl (C=O) groups excluding carboxylic acids is 1. The second-order valence-corrected chi connectivity index (χ2v) is 5.61. The molecule has 1 aliphatic heterocycles. The molecule has 1 heterocycles. The van der Waals surface area contributed by atoms with Gasteiger partial charge >= 0.3 is 0 Å². The minimum absolute atomic E-state index is 0.0753. The van der Waals surface area contributed by atoms with Gasteiger partial charge in [0.15, 0.2) is 0 Å². The Labute approximate surface area is 120 Å². The monoisotopic (exact) mass is 276 g/mol. The SMILES string of the molecule is CC(C)OCc1cccc(NC(=O)CC2CCCN2)c1. The molecule has 1 fully saturated rings. The summed E-state index contributed by atoms with van der Waals surface area (Å²) in [5.41, 5.74) is 1.92. The van der Waals surface area contributed by atoms with Crippen molar-refractivity contribution in [3.8, 4) is 0 Å². The molecule has 0 saturated carbocycles. The number of hydrogen-bond acceptors (Lipinski definition) is 3. The van der Waals surface area contributed by atoms with Crippen LogP contribution in [0, 0.1) is 0 Å². The van der Waals surface area contributed by atoms with Gasteiger partial charge in [0, 0.05) is 18.2 Å². The van der Waals surface area contributed by atoms with Crippen LogP contribution in [0.1, 0.15) is 38.7 Å². The Hall–Kier alpha value is -1.39. The third kappa shape index (κ3) is 4.94. The predicted molar refractivity (Wildman–Crippen MR) is 80.6 cm³/mol. The van der Waals surface area contributed by atoms with E-state index in [9.17, 15) is 4.79 Å². The van der Waals surface area contributed by atoms with E-state index in [2.05, 4.69) is 10.6 Å². The van der Waals surface area contributed by atoms with Crippen LogP contribution in [0.15, 0.2) is 24.3 Å². The molecule has 4 heteroatoms. The fraction of sp³-hybridized carbons (Fsp3) is 0.562. The lowest BCUT2D eigenvalue weighted by Gasteiger charge is -2.12. The fourth-order valence-corrected chi connectivity index (χ4v) is 2.37. The lowest BCUT2D eigenvalue weighted by Crippen LogP contribution is -2.27. The van der Waals surface area contributed by atoms with Gasteiger partial charge in [0.1, 0.15) is 0 Å². The summed E-state index contributed by atoms with van der Waals surface area (Å²) in [7, 11) is 0. The second-order valence-electron chi connectivity index (χ2n) is 5.61. The summed E-state index contributed by atoms with van der Waals surface area (Å²) in [5, 5.41) is 6.30. The highest BCUT2D eigenvalue weighted by atomic mass is 16.5. The van der Waals surface area contributed by atoms with Crippen LogP contribution in [-0.2, 0) is 16.1 Å². The molecule has 0 spiro atoms. The Kier molecular flexibility index (Phi) is 5.56. The average Bonchev–Trinajstić information content (AvgIpc) is 2.89. The van der Waals surface area contributed by atoms with E-state index in [0.29, 0.717) is 19.1 Å². The van der Waals surface area contributed by atoms with Gasteiger partial charge in [-0.25, -0.2) is 0 Å². The number of hydrogen-bond donors (Lipinski definition) is 2. The lowest BCUT2D eigenvalue weighted by molar-refractivity contribution is -0.116. The minimum Gasteiger partial charge on any atom is -0.374 e. The average molecular weight is 276 g/mol. The number of ether oxygens (including phenoxy) is 1. The normalized spacial score (nSPS) is 18.4. The van der Waals surface area contributed by atoms with E-state index >= 15 is 0 Å². The van der Waals surface area contributed by atoms with Gasteiger partial charge in [-0.1, -0.05) is 12.1 Å². The van der Waals surface area contributed by atoms with Crippen molar-refractivity contribution in [3.63, 3.8) is 0 Å². The van der Waals surface area contributed by atoms with Crippen molar-refractivity contribution in [2.24, 2.45) is 0 Å². The van der Waals surface area contributed by atoms with Gasteiger partial charge in [-0.05, 0) is 50.9 Å². The van der Waals surface area contributed by atoms with Crippen molar-refractivity contribution in [2.75, 3.05) is 11.9 Å². The first kappa shape index (κ1) is 15.0. The van der Waals surface area contributed by atoms with Crippen LogP contribution in [0.25, 0.3) is 0 Å². The van der Waals surface area contributed by atoms with Crippen LogP contribution in [0.2, 0.25) is 0 Å². The van der Waals surface area contributed by atoms with Crippen molar-refractivity contribution in [3.05, 3.63) is 29.8 Å². The number of anilines is 1. The summed E-state index contributed by atoms with van der Waals surface area (Å²) in [5.74, 6) is 0.0753. The summed E-state index contributed by atoms with van der Waals surface area (Å²) in [6.07, 6.45) is 3.02. The molecule has 110 valence electrons. The molecule has 1 atom stereocenters. The van der Waals surface area contributed by atoms with Crippen LogP contribution in [0.3, 0.4) is 0 Å². The van der Waals surface area contributed by atoms with E-state index in [1.165, 1.54) is 6.42 Å². The molecular formula is C16H24N2O2. The quantitative estimate of drug-likeness (QED) is 0.840. The number of benzene rings is 1. The summed E-state index contributed by atoms with van der Waals surface area (Å²) in [6.45, 7) is 5.63. The largest absolute Gasteiger partial charge is 0.374 e. The zero-order valence-electron chi connectivity index (χ0n) is 12.3. The summed E-state index contributed by atoms with van der Waals surface area (Å²) in [4.78, 5) is 12.0. The molecule has 1 unspecified atom stereocenters. The van der Waals surface area contributed by atoms with Gasteiger partial charge in [0.05, 0.1) is 12.7 Å². The van der Waals surface area contributed by atoms with E-state index in [4.69, 9.17) is 4.74 Å². The summed E-state index contributed by atoms with van der Waals surface area (Å²) < 4.78 is 5.57. The standard InChI is InChI=1S/C16H24N2O2/c1-12(2)20-11-13-5-3-6-15(9-13)18-16(19)10-14-7-4-8-17-14/h3,5-6,9,12,14,17H,4,7-8,10-11H2,1-2H3,(H,18,19). The van der Waals surface area contributed by atoms with Crippen LogP contribution >= 0.6 is 0 Å². The Balaban J connectivity index is 1.85. The lowest BCUT2D eigenvalue weighted by atomic mass is 10.1. The van der Waals surface area contributed by atoms with E-state index in [1.54, 1.807) is 0 Å². The molecule has 0 radical (unpaired) electrons. The van der Waals surface area contributed by atoms with Crippen molar-refractivity contribution in [1.29, 1.82) is 0 Å². The third-order valence-corrected chi connectivity index (χ3v) is 3.39. The fourth-order valence-electron chi connectivity index (χ4n) is 2.37. The van der Waals surface area contributed by atoms with Gasteiger partial charge in [0.2, 0.25) is 5.91 Å². The maximum atomic E-state index is 12.0. The van der Waals surface area contributed by atoms with Gasteiger partial charge in [-0.2, -0.15) is 0 Å². The summed E-state index contributed by atoms with van der Waals surface area (Å²) >= 11 is 0. The Bertz CT molecular complexity index is 440. The predicted octanol–water partition coefficient (Wildman–Crippen LogP) is 2.69. The molecule has 20 heavy (non-hydrogen) atoms. The first-order chi connectivity index (χ1) is 9.63. The molecule has 1 amide bonds. The number of amides is 1. The van der Waals surface area contributed by atoms with Crippen molar-refractivity contribution < 1.29 is 9.53 Å². The molecule has 4 nitrogen and oxygen atoms in total. The Morgan fingerprint density at radius 3 is 3.05 bits per heavy atom. The smallest absolute Gasteiger partial charge is 0.225 e. The first-order valence-electron chi connectivity index (χ1n) is 7.37. The van der Waals surface area contributed by atoms with Crippen LogP contribution < -0.4 is 10.6 Å². The maximum absolute atomic E-state index is 12.0. The van der Waals surface area contributed by atoms with Gasteiger partial charge in [-0.15, -0.1) is 0 Å². The van der Waals surface area contributed by atoms with Gasteiger partial charge in [-0.3, -0.25) is 4.79 Å². The van der Waals surface area contributed by atoms with Crippen molar-refractivity contribution in [2.45, 2.75) is 51.9 Å². The molecule has 0 bridgehead atoms. The van der Waals surface area contributed by atoms with E-state index in [-0.39, 0.29) is 12.0 Å². The van der Waals surface area contributed by atoms with Crippen LogP contribution in [0.4, 0.5) is 5.69 Å². The molecule has 1 aromatic rings. The zero-order chi connectivity index (χ0) is 14.4. The highest BCUT2D eigenvalue weighted by Crippen LogP contribution is 2.14. The number of rotatable bonds is 6. The second kappa shape index (κ2) is 7.41. The molecule has 1 aliphatic rings. The highest BCUT2D eigenvalue weighted by molar-refractivity contribution is 5.91. The molecule has 0 aromatic heterocycles. The van der Waals surface area contributed by atoms with Gasteiger partial charge in [0.25, 0.3) is 0 Å². The van der Waals surface area contributed by atoms with Crippen LogP contribution in [0.5, 0.6) is 0 Å². The number of nitrogens with one attached hydrogen (secondary N) is 2. The third-order valence-electron chi connectivity index (χ3n) is 3.39. The Morgan fingerprint density at radius 1 is 1.50 bits per heavy atom. The topological polar surface area (TPSA) is 50.4 Å². The van der Waals surface area contributed by atoms with Crippen molar-refractivity contribution >= 4 is 11.6 Å². The Morgan fingerprint density at radius 2 is 2.35 bits per heavy atom. The van der Waals surface area contributed by atoms with Gasteiger partial charge < -0.3 is 15.4 Å². The highest BCUT2D eigenvalue weighted by Gasteiger charge is 2.17. The van der Waals surface area contributed by atoms with Crippen molar-refractivity contribution in [1.82, 2.24) is 5.32 Å². The maximum Gasteiger partial charge on any atom is 0.225 e. The molecule has 1 aromatic carbocycles. The number of carbonyl (C=O) groups is 1. The summed E-state index contributed by atoms with van der Waals surface area (Å²) in [6, 6.07) is 8.18. The molecule has 2 rings (SSSR count). The van der Waals surface area contributed by atoms with Crippen LogP contribution in [-0.4, -0.2) is 24.6 Å². The minimum atomic E-state index is 0.0753. The van der Waals surface area contributed by atoms with E-state index in [1.807, 2.05) is 38.1 Å². The van der Waals surface area contributed by atoms with E-state index in [0.717, 1.165) is 24.2 Å². The molecular weight excluding hydrogens is 252 g/mol.